The maximum atomic E-state index is 12.4. The van der Waals surface area contributed by atoms with E-state index < -0.39 is 0 Å². The first-order chi connectivity index (χ1) is 10.8. The van der Waals surface area contributed by atoms with Gasteiger partial charge in [-0.05, 0) is 23.6 Å². The Morgan fingerprint density at radius 1 is 1.14 bits per heavy atom. The highest BCUT2D eigenvalue weighted by Crippen LogP contribution is 2.21. The summed E-state index contributed by atoms with van der Waals surface area (Å²) >= 11 is 3.00. The van der Waals surface area contributed by atoms with E-state index in [0.717, 1.165) is 21.2 Å². The number of pyridine rings is 1. The summed E-state index contributed by atoms with van der Waals surface area (Å²) in [6.07, 6.45) is 3.33. The summed E-state index contributed by atoms with van der Waals surface area (Å²) < 4.78 is 1.59. The van der Waals surface area contributed by atoms with Crippen molar-refractivity contribution in [2.45, 2.75) is 6.54 Å². The van der Waals surface area contributed by atoms with Gasteiger partial charge in [0.25, 0.3) is 5.56 Å². The van der Waals surface area contributed by atoms with E-state index in [2.05, 4.69) is 15.0 Å². The number of aromatic nitrogens is 4. The first-order valence-corrected chi connectivity index (χ1v) is 8.35. The number of thiophene rings is 1. The number of fused-ring (bicyclic) bond motifs is 1. The molecule has 0 aliphatic heterocycles. The molecular weight excluding hydrogens is 316 g/mol. The lowest BCUT2D eigenvalue weighted by Crippen LogP contribution is -2.20. The molecule has 0 atom stereocenters. The van der Waals surface area contributed by atoms with Crippen molar-refractivity contribution in [3.05, 3.63) is 63.6 Å². The molecule has 7 heteroatoms. The predicted octanol–water partition coefficient (Wildman–Crippen LogP) is 3.02. The molecular formula is C15H10N4OS2. The molecule has 0 saturated carbocycles. The zero-order valence-electron chi connectivity index (χ0n) is 11.3. The number of hydrogen-bond donors (Lipinski definition) is 0. The van der Waals surface area contributed by atoms with E-state index >= 15 is 0 Å². The highest BCUT2D eigenvalue weighted by atomic mass is 32.1. The van der Waals surface area contributed by atoms with E-state index in [4.69, 9.17) is 0 Å². The van der Waals surface area contributed by atoms with Gasteiger partial charge in [-0.25, -0.2) is 9.97 Å². The van der Waals surface area contributed by atoms with Crippen molar-refractivity contribution >= 4 is 32.9 Å². The maximum absolute atomic E-state index is 12.4. The first-order valence-electron chi connectivity index (χ1n) is 6.60. The van der Waals surface area contributed by atoms with E-state index in [0.29, 0.717) is 11.9 Å². The van der Waals surface area contributed by atoms with Crippen LogP contribution in [0.5, 0.6) is 0 Å². The zero-order valence-corrected chi connectivity index (χ0v) is 13.0. The molecule has 0 fully saturated rings. The van der Waals surface area contributed by atoms with Crippen LogP contribution >= 0.6 is 22.7 Å². The van der Waals surface area contributed by atoms with Crippen LogP contribution < -0.4 is 5.56 Å². The largest absolute Gasteiger partial charge is 0.293 e. The van der Waals surface area contributed by atoms with Crippen LogP contribution in [0.3, 0.4) is 0 Å². The highest BCUT2D eigenvalue weighted by molar-refractivity contribution is 7.16. The van der Waals surface area contributed by atoms with Crippen molar-refractivity contribution in [3.8, 4) is 10.7 Å². The Bertz CT molecular complexity index is 987. The molecule has 0 aliphatic rings. The predicted molar refractivity (Wildman–Crippen MR) is 88.3 cm³/mol. The standard InChI is InChI=1S/C15H10N4OS2/c20-15-11-4-6-21-13(11)17-9-19(15)7-10-8-22-14(18-10)12-3-1-2-5-16-12/h1-6,8-9H,7H2. The second-order valence-electron chi connectivity index (χ2n) is 4.68. The van der Waals surface area contributed by atoms with Gasteiger partial charge < -0.3 is 0 Å². The van der Waals surface area contributed by atoms with Crippen LogP contribution in [-0.4, -0.2) is 19.5 Å². The Labute approximate surface area is 133 Å². The number of rotatable bonds is 3. The molecule has 0 N–H and O–H groups in total. The van der Waals surface area contributed by atoms with Crippen molar-refractivity contribution in [3.63, 3.8) is 0 Å². The average molecular weight is 326 g/mol. The molecule has 0 unspecified atom stereocenters. The van der Waals surface area contributed by atoms with Crippen molar-refractivity contribution in [1.82, 2.24) is 19.5 Å². The molecule has 0 aromatic carbocycles. The van der Waals surface area contributed by atoms with Gasteiger partial charge >= 0.3 is 0 Å². The van der Waals surface area contributed by atoms with E-state index in [1.54, 1.807) is 17.1 Å². The second kappa shape index (κ2) is 5.43. The minimum absolute atomic E-state index is 0.0290. The fourth-order valence-corrected chi connectivity index (χ4v) is 3.68. The molecule has 0 saturated heterocycles. The Hall–Kier alpha value is -2.38. The fourth-order valence-electron chi connectivity index (χ4n) is 2.17. The summed E-state index contributed by atoms with van der Waals surface area (Å²) in [5, 5.41) is 5.35. The van der Waals surface area contributed by atoms with Crippen LogP contribution in [0.1, 0.15) is 5.69 Å². The quantitative estimate of drug-likeness (QED) is 0.580. The Balaban J connectivity index is 1.67. The minimum Gasteiger partial charge on any atom is -0.293 e. The van der Waals surface area contributed by atoms with Gasteiger partial charge in [0.15, 0.2) is 0 Å². The summed E-state index contributed by atoms with van der Waals surface area (Å²) in [5.74, 6) is 0. The first kappa shape index (κ1) is 13.3. The van der Waals surface area contributed by atoms with E-state index in [1.807, 2.05) is 35.0 Å². The van der Waals surface area contributed by atoms with Crippen LogP contribution in [0.4, 0.5) is 0 Å². The van der Waals surface area contributed by atoms with Crippen molar-refractivity contribution in [1.29, 1.82) is 0 Å². The van der Waals surface area contributed by atoms with E-state index in [9.17, 15) is 4.79 Å². The summed E-state index contributed by atoms with van der Waals surface area (Å²) in [5.41, 5.74) is 1.65. The summed E-state index contributed by atoms with van der Waals surface area (Å²) in [6.45, 7) is 0.418. The van der Waals surface area contributed by atoms with E-state index in [1.165, 1.54) is 22.7 Å². The molecule has 5 nitrogen and oxygen atoms in total. The highest BCUT2D eigenvalue weighted by Gasteiger charge is 2.09. The third kappa shape index (κ3) is 2.34. The molecule has 0 radical (unpaired) electrons. The number of nitrogens with zero attached hydrogens (tertiary/aromatic N) is 4. The summed E-state index contributed by atoms with van der Waals surface area (Å²) in [4.78, 5) is 26.3. The average Bonchev–Trinajstić information content (AvgIpc) is 3.20. The molecule has 108 valence electrons. The third-order valence-electron chi connectivity index (χ3n) is 3.22. The lowest BCUT2D eigenvalue weighted by molar-refractivity contribution is 0.735. The van der Waals surface area contributed by atoms with Crippen molar-refractivity contribution in [2.75, 3.05) is 0 Å². The molecule has 0 amide bonds. The monoisotopic (exact) mass is 326 g/mol. The van der Waals surface area contributed by atoms with Crippen molar-refractivity contribution < 1.29 is 0 Å². The lowest BCUT2D eigenvalue weighted by Gasteiger charge is -2.02. The van der Waals surface area contributed by atoms with Gasteiger partial charge in [-0.1, -0.05) is 6.07 Å². The third-order valence-corrected chi connectivity index (χ3v) is 4.95. The van der Waals surface area contributed by atoms with Gasteiger partial charge in [0.2, 0.25) is 0 Å². The van der Waals surface area contributed by atoms with Gasteiger partial charge in [-0.15, -0.1) is 22.7 Å². The molecule has 0 spiro atoms. The molecule has 22 heavy (non-hydrogen) atoms. The van der Waals surface area contributed by atoms with Crippen LogP contribution in [0, 0.1) is 0 Å². The zero-order chi connectivity index (χ0) is 14.9. The van der Waals surface area contributed by atoms with Gasteiger partial charge in [-0.2, -0.15) is 0 Å². The lowest BCUT2D eigenvalue weighted by atomic mass is 10.3. The fraction of sp³-hybridized carbons (Fsp3) is 0.0667. The topological polar surface area (TPSA) is 60.7 Å². The number of thiazole rings is 1. The van der Waals surface area contributed by atoms with Gasteiger partial charge in [0.05, 0.1) is 29.6 Å². The maximum Gasteiger partial charge on any atom is 0.262 e. The van der Waals surface area contributed by atoms with Gasteiger partial charge in [-0.3, -0.25) is 14.3 Å². The molecule has 0 bridgehead atoms. The summed E-state index contributed by atoms with van der Waals surface area (Å²) in [7, 11) is 0. The smallest absolute Gasteiger partial charge is 0.262 e. The normalized spacial score (nSPS) is 11.1. The van der Waals surface area contributed by atoms with Crippen LogP contribution in [0.2, 0.25) is 0 Å². The van der Waals surface area contributed by atoms with Crippen LogP contribution in [0.25, 0.3) is 20.9 Å². The Morgan fingerprint density at radius 3 is 2.95 bits per heavy atom. The van der Waals surface area contributed by atoms with Crippen molar-refractivity contribution in [2.24, 2.45) is 0 Å². The second-order valence-corrected chi connectivity index (χ2v) is 6.43. The minimum atomic E-state index is -0.0290. The Morgan fingerprint density at radius 2 is 2.09 bits per heavy atom. The summed E-state index contributed by atoms with van der Waals surface area (Å²) in [6, 6.07) is 7.54. The SMILES string of the molecule is O=c1c2ccsc2ncn1Cc1csc(-c2ccccn2)n1. The van der Waals surface area contributed by atoms with Crippen LogP contribution in [-0.2, 0) is 6.54 Å². The molecule has 4 heterocycles. The molecule has 0 aliphatic carbocycles. The van der Waals surface area contributed by atoms with Gasteiger partial charge in [0.1, 0.15) is 9.84 Å². The van der Waals surface area contributed by atoms with Crippen LogP contribution in [0.15, 0.2) is 52.3 Å². The van der Waals surface area contributed by atoms with Gasteiger partial charge in [0, 0.05) is 11.6 Å². The molecule has 4 aromatic heterocycles. The van der Waals surface area contributed by atoms with E-state index in [-0.39, 0.29) is 5.56 Å². The molecule has 4 aromatic rings. The number of hydrogen-bond acceptors (Lipinski definition) is 6. The molecule has 4 rings (SSSR count). The Kier molecular flexibility index (Phi) is 3.28.